The Kier molecular flexibility index (Phi) is 4.20. The van der Waals surface area contributed by atoms with Crippen molar-refractivity contribution in [1.29, 1.82) is 0 Å². The minimum absolute atomic E-state index is 0.0752. The van der Waals surface area contributed by atoms with E-state index in [9.17, 15) is 13.6 Å². The summed E-state index contributed by atoms with van der Waals surface area (Å²) in [6.07, 6.45) is 0. The fourth-order valence-electron chi connectivity index (χ4n) is 1.75. The highest BCUT2D eigenvalue weighted by Gasteiger charge is 2.21. The molecule has 2 aromatic carbocycles. The second-order valence-electron chi connectivity index (χ2n) is 4.15. The van der Waals surface area contributed by atoms with Gasteiger partial charge in [0.05, 0.1) is 0 Å². The van der Waals surface area contributed by atoms with Crippen molar-refractivity contribution in [3.05, 3.63) is 64.7 Å². The van der Waals surface area contributed by atoms with Gasteiger partial charge in [0, 0.05) is 16.3 Å². The molecule has 0 aliphatic heterocycles. The van der Waals surface area contributed by atoms with Crippen LogP contribution in [-0.4, -0.2) is 5.91 Å². The summed E-state index contributed by atoms with van der Waals surface area (Å²) in [5.74, 6) is -1.81. The van der Waals surface area contributed by atoms with Gasteiger partial charge in [-0.05, 0) is 36.4 Å². The molecule has 0 saturated heterocycles. The lowest BCUT2D eigenvalue weighted by atomic mass is 10.1. The van der Waals surface area contributed by atoms with Gasteiger partial charge in [-0.15, -0.1) is 0 Å². The Bertz CT molecular complexity index is 632. The molecule has 3 N–H and O–H groups in total. The van der Waals surface area contributed by atoms with Crippen LogP contribution in [0.4, 0.5) is 14.5 Å². The monoisotopic (exact) mass is 296 g/mol. The van der Waals surface area contributed by atoms with E-state index in [1.807, 2.05) is 0 Å². The molecule has 0 radical (unpaired) electrons. The number of benzene rings is 2. The molecule has 2 aromatic rings. The van der Waals surface area contributed by atoms with Crippen molar-refractivity contribution in [2.24, 2.45) is 5.73 Å². The lowest BCUT2D eigenvalue weighted by molar-refractivity contribution is -0.118. The second-order valence-corrected chi connectivity index (χ2v) is 4.59. The van der Waals surface area contributed by atoms with Gasteiger partial charge in [-0.1, -0.05) is 17.7 Å². The maximum absolute atomic E-state index is 13.8. The van der Waals surface area contributed by atoms with Crippen molar-refractivity contribution in [3.8, 4) is 0 Å². The summed E-state index contributed by atoms with van der Waals surface area (Å²) in [6, 6.07) is 8.17. The Morgan fingerprint density at radius 1 is 1.15 bits per heavy atom. The van der Waals surface area contributed by atoms with Crippen LogP contribution in [0.25, 0.3) is 0 Å². The summed E-state index contributed by atoms with van der Waals surface area (Å²) in [5.41, 5.74) is 5.80. The summed E-state index contributed by atoms with van der Waals surface area (Å²) < 4.78 is 26.7. The van der Waals surface area contributed by atoms with Gasteiger partial charge >= 0.3 is 0 Å². The van der Waals surface area contributed by atoms with E-state index < -0.39 is 23.6 Å². The van der Waals surface area contributed by atoms with Gasteiger partial charge in [0.2, 0.25) is 5.91 Å². The van der Waals surface area contributed by atoms with E-state index in [2.05, 4.69) is 5.32 Å². The maximum atomic E-state index is 13.8. The van der Waals surface area contributed by atoms with Crippen molar-refractivity contribution in [1.82, 2.24) is 0 Å². The first-order valence-electron chi connectivity index (χ1n) is 5.74. The van der Waals surface area contributed by atoms with Crippen molar-refractivity contribution in [2.75, 3.05) is 5.32 Å². The van der Waals surface area contributed by atoms with E-state index in [4.69, 9.17) is 17.3 Å². The molecule has 20 heavy (non-hydrogen) atoms. The van der Waals surface area contributed by atoms with Crippen LogP contribution >= 0.6 is 11.6 Å². The first-order chi connectivity index (χ1) is 9.47. The Morgan fingerprint density at radius 3 is 2.35 bits per heavy atom. The zero-order valence-corrected chi connectivity index (χ0v) is 11.0. The predicted molar refractivity (Wildman–Crippen MR) is 73.4 cm³/mol. The molecule has 0 bridgehead atoms. The van der Waals surface area contributed by atoms with Gasteiger partial charge in [0.15, 0.2) is 0 Å². The van der Waals surface area contributed by atoms with E-state index in [0.717, 1.165) is 6.07 Å². The molecular weight excluding hydrogens is 286 g/mol. The first-order valence-corrected chi connectivity index (χ1v) is 6.11. The SMILES string of the molecule is NC(=O)C(Nc1ccc(F)cc1)c1ccc(Cl)cc1F. The molecule has 0 saturated carbocycles. The topological polar surface area (TPSA) is 55.1 Å². The highest BCUT2D eigenvalue weighted by Crippen LogP contribution is 2.24. The van der Waals surface area contributed by atoms with Gasteiger partial charge in [0.1, 0.15) is 17.7 Å². The molecule has 0 aromatic heterocycles. The average Bonchev–Trinajstić information content (AvgIpc) is 2.39. The van der Waals surface area contributed by atoms with Gasteiger partial charge in [-0.2, -0.15) is 0 Å². The molecule has 2 rings (SSSR count). The van der Waals surface area contributed by atoms with Gasteiger partial charge in [-0.3, -0.25) is 4.79 Å². The number of anilines is 1. The number of nitrogens with one attached hydrogen (secondary N) is 1. The van der Waals surface area contributed by atoms with E-state index in [-0.39, 0.29) is 10.6 Å². The number of halogens is 3. The van der Waals surface area contributed by atoms with Crippen LogP contribution in [0.1, 0.15) is 11.6 Å². The minimum atomic E-state index is -1.07. The number of amides is 1. The molecule has 1 amide bonds. The molecule has 3 nitrogen and oxygen atoms in total. The number of hydrogen-bond acceptors (Lipinski definition) is 2. The van der Waals surface area contributed by atoms with Crippen molar-refractivity contribution < 1.29 is 13.6 Å². The van der Waals surface area contributed by atoms with E-state index in [1.165, 1.54) is 36.4 Å². The van der Waals surface area contributed by atoms with Gasteiger partial charge in [0.25, 0.3) is 0 Å². The highest BCUT2D eigenvalue weighted by molar-refractivity contribution is 6.30. The molecular formula is C14H11ClF2N2O. The molecule has 104 valence electrons. The highest BCUT2D eigenvalue weighted by atomic mass is 35.5. The zero-order valence-electron chi connectivity index (χ0n) is 10.2. The van der Waals surface area contributed by atoms with Crippen molar-refractivity contribution >= 4 is 23.2 Å². The molecule has 0 spiro atoms. The maximum Gasteiger partial charge on any atom is 0.244 e. The average molecular weight is 297 g/mol. The van der Waals surface area contributed by atoms with Crippen molar-refractivity contribution in [2.45, 2.75) is 6.04 Å². The molecule has 0 aliphatic rings. The number of rotatable bonds is 4. The minimum Gasteiger partial charge on any atom is -0.370 e. The molecule has 6 heteroatoms. The van der Waals surface area contributed by atoms with E-state index in [1.54, 1.807) is 0 Å². The fourth-order valence-corrected chi connectivity index (χ4v) is 1.91. The summed E-state index contributed by atoms with van der Waals surface area (Å²) in [4.78, 5) is 11.5. The summed E-state index contributed by atoms with van der Waals surface area (Å²) in [7, 11) is 0. The van der Waals surface area contributed by atoms with E-state index >= 15 is 0 Å². The molecule has 0 aliphatic carbocycles. The van der Waals surface area contributed by atoms with Crippen LogP contribution < -0.4 is 11.1 Å². The lowest BCUT2D eigenvalue weighted by Gasteiger charge is -2.18. The van der Waals surface area contributed by atoms with Crippen LogP contribution in [0.3, 0.4) is 0 Å². The Hall–Kier alpha value is -2.14. The first kappa shape index (κ1) is 14.3. The quantitative estimate of drug-likeness (QED) is 0.910. The number of carbonyl (C=O) groups is 1. The number of hydrogen-bond donors (Lipinski definition) is 2. The third kappa shape index (κ3) is 3.24. The Morgan fingerprint density at radius 2 is 1.80 bits per heavy atom. The third-order valence-electron chi connectivity index (χ3n) is 2.71. The summed E-state index contributed by atoms with van der Waals surface area (Å²) in [6.45, 7) is 0. The number of nitrogens with two attached hydrogens (primary N) is 1. The summed E-state index contributed by atoms with van der Waals surface area (Å²) >= 11 is 5.66. The predicted octanol–water partition coefficient (Wildman–Crippen LogP) is 3.26. The Labute approximate surface area is 119 Å². The molecule has 0 heterocycles. The molecule has 1 atom stereocenters. The van der Waals surface area contributed by atoms with Crippen LogP contribution in [0.5, 0.6) is 0 Å². The second kappa shape index (κ2) is 5.88. The fraction of sp³-hybridized carbons (Fsp3) is 0.0714. The largest absolute Gasteiger partial charge is 0.370 e. The standard InChI is InChI=1S/C14H11ClF2N2O/c15-8-1-6-11(12(17)7-8)13(14(18)20)19-10-4-2-9(16)3-5-10/h1-7,13,19H,(H2,18,20). The zero-order chi connectivity index (χ0) is 14.7. The normalized spacial score (nSPS) is 11.9. The van der Waals surface area contributed by atoms with Gasteiger partial charge in [-0.25, -0.2) is 8.78 Å². The van der Waals surface area contributed by atoms with Crippen LogP contribution in [-0.2, 0) is 4.79 Å². The van der Waals surface area contributed by atoms with Crippen LogP contribution in [0.2, 0.25) is 5.02 Å². The number of primary amides is 1. The number of carbonyl (C=O) groups excluding carboxylic acids is 1. The summed E-state index contributed by atoms with van der Waals surface area (Å²) in [5, 5.41) is 2.98. The van der Waals surface area contributed by atoms with E-state index in [0.29, 0.717) is 5.69 Å². The van der Waals surface area contributed by atoms with Gasteiger partial charge < -0.3 is 11.1 Å². The molecule has 1 unspecified atom stereocenters. The molecule has 0 fully saturated rings. The van der Waals surface area contributed by atoms with Crippen LogP contribution in [0, 0.1) is 11.6 Å². The Balaban J connectivity index is 2.31. The van der Waals surface area contributed by atoms with Crippen molar-refractivity contribution in [3.63, 3.8) is 0 Å². The van der Waals surface area contributed by atoms with Crippen LogP contribution in [0.15, 0.2) is 42.5 Å². The lowest BCUT2D eigenvalue weighted by Crippen LogP contribution is -2.28. The third-order valence-corrected chi connectivity index (χ3v) is 2.95. The smallest absolute Gasteiger partial charge is 0.244 e.